The van der Waals surface area contributed by atoms with Crippen LogP contribution in [0.3, 0.4) is 0 Å². The summed E-state index contributed by atoms with van der Waals surface area (Å²) in [6, 6.07) is 35.7. The molecule has 0 fully saturated rings. The van der Waals surface area contributed by atoms with E-state index in [4.69, 9.17) is 5.11 Å². The standard InChI is InChI=1S/C31H30N2O3S/c34-30(35)22-26-14-16-28(17-15-26)37-29-13-7-12-27(23-29)33(21-19-25-10-5-2-6-11-25)31(36)32-20-18-24-8-3-1-4-9-24/h1-17,23H,18-22H2,(H,32,36)(H,34,35). The number of nitrogens with zero attached hydrogens (tertiary/aromatic N) is 1. The maximum atomic E-state index is 13.3. The van der Waals surface area contributed by atoms with Crippen molar-refractivity contribution in [1.82, 2.24) is 5.32 Å². The molecule has 0 aliphatic heterocycles. The summed E-state index contributed by atoms with van der Waals surface area (Å²) in [5.74, 6) is -0.842. The topological polar surface area (TPSA) is 69.6 Å². The molecular formula is C31H30N2O3S. The monoisotopic (exact) mass is 510 g/mol. The van der Waals surface area contributed by atoms with Crippen molar-refractivity contribution in [2.24, 2.45) is 0 Å². The second-order valence-electron chi connectivity index (χ2n) is 8.67. The van der Waals surface area contributed by atoms with E-state index < -0.39 is 5.97 Å². The number of carboxylic acids is 1. The fraction of sp³-hybridized carbons (Fsp3) is 0.161. The zero-order valence-electron chi connectivity index (χ0n) is 20.5. The van der Waals surface area contributed by atoms with Gasteiger partial charge in [0.2, 0.25) is 0 Å². The highest BCUT2D eigenvalue weighted by molar-refractivity contribution is 7.99. The molecule has 0 radical (unpaired) electrons. The number of aliphatic carboxylic acids is 1. The second kappa shape index (κ2) is 13.3. The Kier molecular flexibility index (Phi) is 9.38. The lowest BCUT2D eigenvalue weighted by molar-refractivity contribution is -0.136. The number of rotatable bonds is 11. The zero-order chi connectivity index (χ0) is 25.9. The third-order valence-corrected chi connectivity index (χ3v) is 6.89. The van der Waals surface area contributed by atoms with Crippen LogP contribution in [0.5, 0.6) is 0 Å². The molecule has 0 heterocycles. The third-order valence-electron chi connectivity index (χ3n) is 5.89. The normalized spacial score (nSPS) is 10.6. The molecule has 0 aliphatic rings. The van der Waals surface area contributed by atoms with Crippen LogP contribution in [0.15, 0.2) is 119 Å². The van der Waals surface area contributed by atoms with Crippen molar-refractivity contribution in [2.45, 2.75) is 29.1 Å². The van der Waals surface area contributed by atoms with Gasteiger partial charge in [-0.3, -0.25) is 9.69 Å². The summed E-state index contributed by atoms with van der Waals surface area (Å²) in [6.07, 6.45) is 1.53. The van der Waals surface area contributed by atoms with E-state index in [9.17, 15) is 9.59 Å². The maximum absolute atomic E-state index is 13.3. The molecule has 37 heavy (non-hydrogen) atoms. The Morgan fingerprint density at radius 1 is 0.703 bits per heavy atom. The van der Waals surface area contributed by atoms with Crippen LogP contribution in [0.4, 0.5) is 10.5 Å². The van der Waals surface area contributed by atoms with Gasteiger partial charge in [0, 0.05) is 28.6 Å². The summed E-state index contributed by atoms with van der Waals surface area (Å²) in [5.41, 5.74) is 3.97. The van der Waals surface area contributed by atoms with E-state index in [1.807, 2.05) is 84.9 Å². The molecule has 4 aromatic carbocycles. The fourth-order valence-electron chi connectivity index (χ4n) is 3.99. The lowest BCUT2D eigenvalue weighted by Gasteiger charge is -2.24. The number of amides is 2. The average Bonchev–Trinajstić information content (AvgIpc) is 2.91. The summed E-state index contributed by atoms with van der Waals surface area (Å²) in [6.45, 7) is 1.11. The molecule has 2 amide bonds. The molecule has 188 valence electrons. The summed E-state index contributed by atoms with van der Waals surface area (Å²) in [7, 11) is 0. The number of hydrogen-bond donors (Lipinski definition) is 2. The van der Waals surface area contributed by atoms with Gasteiger partial charge < -0.3 is 10.4 Å². The number of hydrogen-bond acceptors (Lipinski definition) is 3. The van der Waals surface area contributed by atoms with Crippen molar-refractivity contribution in [1.29, 1.82) is 0 Å². The van der Waals surface area contributed by atoms with Gasteiger partial charge in [0.1, 0.15) is 0 Å². The zero-order valence-corrected chi connectivity index (χ0v) is 21.4. The number of carbonyl (C=O) groups excluding carboxylic acids is 1. The molecule has 0 bridgehead atoms. The highest BCUT2D eigenvalue weighted by atomic mass is 32.2. The molecule has 0 aromatic heterocycles. The molecule has 0 unspecified atom stereocenters. The average molecular weight is 511 g/mol. The van der Waals surface area contributed by atoms with Crippen molar-refractivity contribution >= 4 is 29.4 Å². The largest absolute Gasteiger partial charge is 0.481 e. The van der Waals surface area contributed by atoms with E-state index in [-0.39, 0.29) is 12.5 Å². The SMILES string of the molecule is O=C(O)Cc1ccc(Sc2cccc(N(CCc3ccccc3)C(=O)NCCc3ccccc3)c2)cc1. The van der Waals surface area contributed by atoms with E-state index in [0.717, 1.165) is 33.9 Å². The van der Waals surface area contributed by atoms with Gasteiger partial charge in [-0.1, -0.05) is 90.6 Å². The number of nitrogens with one attached hydrogen (secondary N) is 1. The van der Waals surface area contributed by atoms with E-state index in [0.29, 0.717) is 13.1 Å². The Hall–Kier alpha value is -4.03. The van der Waals surface area contributed by atoms with Gasteiger partial charge >= 0.3 is 12.0 Å². The van der Waals surface area contributed by atoms with Crippen LogP contribution in [0.1, 0.15) is 16.7 Å². The van der Waals surface area contributed by atoms with Crippen molar-refractivity contribution in [3.05, 3.63) is 126 Å². The van der Waals surface area contributed by atoms with Crippen LogP contribution in [0.25, 0.3) is 0 Å². The molecule has 0 aliphatic carbocycles. The molecule has 0 saturated carbocycles. The molecule has 6 heteroatoms. The van der Waals surface area contributed by atoms with Gasteiger partial charge in [-0.2, -0.15) is 0 Å². The molecule has 0 saturated heterocycles. The first-order valence-corrected chi connectivity index (χ1v) is 13.1. The predicted octanol–water partition coefficient (Wildman–Crippen LogP) is 6.47. The molecule has 5 nitrogen and oxygen atoms in total. The van der Waals surface area contributed by atoms with Gasteiger partial charge in [0.25, 0.3) is 0 Å². The minimum Gasteiger partial charge on any atom is -0.481 e. The van der Waals surface area contributed by atoms with Gasteiger partial charge in [-0.15, -0.1) is 0 Å². The van der Waals surface area contributed by atoms with Crippen molar-refractivity contribution in [3.63, 3.8) is 0 Å². The molecule has 0 atom stereocenters. The quantitative estimate of drug-likeness (QED) is 0.243. The Balaban J connectivity index is 1.46. The summed E-state index contributed by atoms with van der Waals surface area (Å²) >= 11 is 1.58. The number of anilines is 1. The Bertz CT molecular complexity index is 1300. The van der Waals surface area contributed by atoms with Crippen LogP contribution >= 0.6 is 11.8 Å². The van der Waals surface area contributed by atoms with E-state index in [2.05, 4.69) is 29.6 Å². The van der Waals surface area contributed by atoms with Crippen LogP contribution in [0.2, 0.25) is 0 Å². The maximum Gasteiger partial charge on any atom is 0.321 e. The summed E-state index contributed by atoms with van der Waals surface area (Å²) in [5, 5.41) is 12.1. The smallest absolute Gasteiger partial charge is 0.321 e. The minimum absolute atomic E-state index is 0.0101. The Morgan fingerprint density at radius 3 is 2.00 bits per heavy atom. The first kappa shape index (κ1) is 26.0. The fourth-order valence-corrected chi connectivity index (χ4v) is 4.86. The molecular weight excluding hydrogens is 480 g/mol. The van der Waals surface area contributed by atoms with E-state index in [1.165, 1.54) is 11.1 Å². The number of carbonyl (C=O) groups is 2. The molecule has 2 N–H and O–H groups in total. The van der Waals surface area contributed by atoms with Gasteiger partial charge in [-0.05, 0) is 59.9 Å². The highest BCUT2D eigenvalue weighted by Gasteiger charge is 2.16. The minimum atomic E-state index is -0.842. The highest BCUT2D eigenvalue weighted by Crippen LogP contribution is 2.31. The first-order valence-electron chi connectivity index (χ1n) is 12.3. The molecule has 4 rings (SSSR count). The Morgan fingerprint density at radius 2 is 1.35 bits per heavy atom. The summed E-state index contributed by atoms with van der Waals surface area (Å²) < 4.78 is 0. The molecule has 0 spiro atoms. The van der Waals surface area contributed by atoms with E-state index in [1.54, 1.807) is 16.7 Å². The van der Waals surface area contributed by atoms with Crippen LogP contribution in [-0.4, -0.2) is 30.2 Å². The Labute approximate surface area is 222 Å². The summed E-state index contributed by atoms with van der Waals surface area (Å²) in [4.78, 5) is 28.1. The third kappa shape index (κ3) is 8.26. The second-order valence-corrected chi connectivity index (χ2v) is 9.82. The number of carboxylic acid groups (broad SMARTS) is 1. The molecule has 4 aromatic rings. The lowest BCUT2D eigenvalue weighted by atomic mass is 10.1. The first-order chi connectivity index (χ1) is 18.1. The number of urea groups is 1. The van der Waals surface area contributed by atoms with Crippen molar-refractivity contribution in [2.75, 3.05) is 18.0 Å². The van der Waals surface area contributed by atoms with Crippen LogP contribution in [0, 0.1) is 0 Å². The van der Waals surface area contributed by atoms with Crippen LogP contribution in [-0.2, 0) is 24.1 Å². The predicted molar refractivity (Wildman–Crippen MR) is 149 cm³/mol. The van der Waals surface area contributed by atoms with Crippen LogP contribution < -0.4 is 10.2 Å². The number of benzene rings is 4. The van der Waals surface area contributed by atoms with Gasteiger partial charge in [0.05, 0.1) is 6.42 Å². The lowest BCUT2D eigenvalue weighted by Crippen LogP contribution is -2.42. The van der Waals surface area contributed by atoms with E-state index >= 15 is 0 Å². The van der Waals surface area contributed by atoms with Crippen molar-refractivity contribution < 1.29 is 14.7 Å². The van der Waals surface area contributed by atoms with Gasteiger partial charge in [0.15, 0.2) is 0 Å². The van der Waals surface area contributed by atoms with Gasteiger partial charge in [-0.25, -0.2) is 4.79 Å². The van der Waals surface area contributed by atoms with Crippen molar-refractivity contribution in [3.8, 4) is 0 Å².